The fourth-order valence-electron chi connectivity index (χ4n) is 3.35. The van der Waals surface area contributed by atoms with Crippen LogP contribution in [0.1, 0.15) is 24.8 Å². The molecule has 0 aliphatic heterocycles. The summed E-state index contributed by atoms with van der Waals surface area (Å²) in [6.07, 6.45) is 2.85. The number of methoxy groups -OCH3 is 1. The van der Waals surface area contributed by atoms with Gasteiger partial charge in [0.1, 0.15) is 0 Å². The summed E-state index contributed by atoms with van der Waals surface area (Å²) in [6, 6.07) is 5.83. The normalized spacial score (nSPS) is 16.3. The molecule has 0 atom stereocenters. The molecule has 1 saturated carbocycles. The van der Waals surface area contributed by atoms with E-state index in [1.807, 2.05) is 18.2 Å². The number of carbonyl (C=O) groups is 1. The summed E-state index contributed by atoms with van der Waals surface area (Å²) in [5, 5.41) is 3.02. The first-order valence-electron chi connectivity index (χ1n) is 7.90. The van der Waals surface area contributed by atoms with Crippen LogP contribution in [-0.2, 0) is 30.2 Å². The minimum absolute atomic E-state index is 0.0466. The fourth-order valence-corrected chi connectivity index (χ4v) is 3.35. The number of carbonyl (C=O) groups excluding carboxylic acids is 1. The van der Waals surface area contributed by atoms with Crippen LogP contribution < -0.4 is 11.0 Å². The molecule has 0 unspecified atom stereocenters. The minimum atomic E-state index is -0.349. The highest BCUT2D eigenvalue weighted by Crippen LogP contribution is 2.41. The number of nitrogens with one attached hydrogen (secondary N) is 1. The van der Waals surface area contributed by atoms with Crippen molar-refractivity contribution >= 4 is 16.9 Å². The van der Waals surface area contributed by atoms with Crippen LogP contribution in [0.4, 0.5) is 0 Å². The first-order chi connectivity index (χ1) is 11.0. The zero-order valence-electron chi connectivity index (χ0n) is 13.9. The van der Waals surface area contributed by atoms with Gasteiger partial charge in [0.15, 0.2) is 0 Å². The first kappa shape index (κ1) is 15.8. The minimum Gasteiger partial charge on any atom is -0.384 e. The summed E-state index contributed by atoms with van der Waals surface area (Å²) in [4.78, 5) is 24.4. The average molecular weight is 317 g/mol. The molecule has 1 aromatic heterocycles. The van der Waals surface area contributed by atoms with Gasteiger partial charge < -0.3 is 10.1 Å². The summed E-state index contributed by atoms with van der Waals surface area (Å²) < 4.78 is 8.46. The number of aryl methyl sites for hydroxylation is 2. The second kappa shape index (κ2) is 5.85. The molecule has 6 nitrogen and oxygen atoms in total. The Hall–Kier alpha value is -2.08. The Bertz CT molecular complexity index is 799. The Morgan fingerprint density at radius 2 is 1.96 bits per heavy atom. The van der Waals surface area contributed by atoms with Crippen molar-refractivity contribution < 1.29 is 9.53 Å². The van der Waals surface area contributed by atoms with Gasteiger partial charge in [0, 0.05) is 27.7 Å². The highest BCUT2D eigenvalue weighted by molar-refractivity contribution is 5.84. The second-order valence-electron chi connectivity index (χ2n) is 6.47. The number of fused-ring (bicyclic) bond motifs is 1. The summed E-state index contributed by atoms with van der Waals surface area (Å²) in [6.45, 7) is 0.939. The number of hydrogen-bond acceptors (Lipinski definition) is 3. The topological polar surface area (TPSA) is 65.3 Å². The molecule has 1 N–H and O–H groups in total. The van der Waals surface area contributed by atoms with E-state index in [1.54, 1.807) is 30.3 Å². The third kappa shape index (κ3) is 2.57. The molecule has 1 aliphatic carbocycles. The van der Waals surface area contributed by atoms with E-state index in [2.05, 4.69) is 5.32 Å². The Kier molecular flexibility index (Phi) is 4.02. The van der Waals surface area contributed by atoms with Gasteiger partial charge in [-0.25, -0.2) is 4.79 Å². The first-order valence-corrected chi connectivity index (χ1v) is 7.90. The number of imidazole rings is 1. The maximum atomic E-state index is 12.4. The average Bonchev–Trinajstić information content (AvgIpc) is 2.73. The van der Waals surface area contributed by atoms with Crippen molar-refractivity contribution in [1.82, 2.24) is 14.5 Å². The van der Waals surface area contributed by atoms with Gasteiger partial charge in [0.25, 0.3) is 0 Å². The van der Waals surface area contributed by atoms with Crippen molar-refractivity contribution in [2.24, 2.45) is 19.5 Å². The highest BCUT2D eigenvalue weighted by Gasteiger charge is 2.43. The standard InChI is InChI=1S/C17H23N3O3/c1-19-13-6-5-12(9-14(13)20(2)16(19)22)10-18-15(21)17(11-23-3)7-4-8-17/h5-6,9H,4,7-8,10-11H2,1-3H3,(H,18,21). The molecular formula is C17H23N3O3. The van der Waals surface area contributed by atoms with Gasteiger partial charge in [-0.1, -0.05) is 12.5 Å². The molecule has 0 spiro atoms. The molecule has 23 heavy (non-hydrogen) atoms. The van der Waals surface area contributed by atoms with E-state index in [-0.39, 0.29) is 17.0 Å². The predicted molar refractivity (Wildman–Crippen MR) is 88.2 cm³/mol. The van der Waals surface area contributed by atoms with Crippen LogP contribution in [0.3, 0.4) is 0 Å². The maximum absolute atomic E-state index is 12.4. The molecule has 1 heterocycles. The van der Waals surface area contributed by atoms with Gasteiger partial charge in [-0.15, -0.1) is 0 Å². The molecule has 0 saturated heterocycles. The van der Waals surface area contributed by atoms with Crippen LogP contribution in [0.15, 0.2) is 23.0 Å². The number of rotatable bonds is 5. The van der Waals surface area contributed by atoms with E-state index in [4.69, 9.17) is 4.74 Å². The number of amides is 1. The van der Waals surface area contributed by atoms with Crippen LogP contribution in [0.5, 0.6) is 0 Å². The Balaban J connectivity index is 1.76. The number of hydrogen-bond donors (Lipinski definition) is 1. The van der Waals surface area contributed by atoms with Crippen molar-refractivity contribution in [3.63, 3.8) is 0 Å². The SMILES string of the molecule is COCC1(C(=O)NCc2ccc3c(c2)n(C)c(=O)n3C)CCC1. The third-order valence-electron chi connectivity index (χ3n) is 5.00. The lowest BCUT2D eigenvalue weighted by Gasteiger charge is -2.39. The van der Waals surface area contributed by atoms with Gasteiger partial charge in [-0.2, -0.15) is 0 Å². The number of ether oxygens (including phenoxy) is 1. The molecule has 1 aromatic carbocycles. The summed E-state index contributed by atoms with van der Waals surface area (Å²) in [5.74, 6) is 0.0626. The molecule has 2 aromatic rings. The van der Waals surface area contributed by atoms with E-state index in [1.165, 1.54) is 0 Å². The van der Waals surface area contributed by atoms with Gasteiger partial charge in [-0.05, 0) is 30.5 Å². The van der Waals surface area contributed by atoms with Crippen molar-refractivity contribution in [1.29, 1.82) is 0 Å². The monoisotopic (exact) mass is 317 g/mol. The Morgan fingerprint density at radius 3 is 2.57 bits per heavy atom. The third-order valence-corrected chi connectivity index (χ3v) is 5.00. The lowest BCUT2D eigenvalue weighted by Crippen LogP contribution is -2.48. The molecule has 124 valence electrons. The van der Waals surface area contributed by atoms with Gasteiger partial charge >= 0.3 is 5.69 Å². The lowest BCUT2D eigenvalue weighted by molar-refractivity contribution is -0.140. The van der Waals surface area contributed by atoms with Crippen LogP contribution >= 0.6 is 0 Å². The Labute approximate surface area is 135 Å². The molecule has 6 heteroatoms. The number of aromatic nitrogens is 2. The highest BCUT2D eigenvalue weighted by atomic mass is 16.5. The fraction of sp³-hybridized carbons (Fsp3) is 0.529. The van der Waals surface area contributed by atoms with Gasteiger partial charge in [-0.3, -0.25) is 13.9 Å². The van der Waals surface area contributed by atoms with E-state index in [0.29, 0.717) is 13.2 Å². The van der Waals surface area contributed by atoms with E-state index < -0.39 is 0 Å². The van der Waals surface area contributed by atoms with E-state index in [0.717, 1.165) is 35.9 Å². The molecule has 1 amide bonds. The number of nitrogens with zero attached hydrogens (tertiary/aromatic N) is 2. The van der Waals surface area contributed by atoms with E-state index >= 15 is 0 Å². The van der Waals surface area contributed by atoms with Crippen LogP contribution in [0.25, 0.3) is 11.0 Å². The molecule has 0 bridgehead atoms. The maximum Gasteiger partial charge on any atom is 0.328 e. The van der Waals surface area contributed by atoms with Crippen molar-refractivity contribution in [2.75, 3.05) is 13.7 Å². The molecular weight excluding hydrogens is 294 g/mol. The largest absolute Gasteiger partial charge is 0.384 e. The second-order valence-corrected chi connectivity index (χ2v) is 6.47. The molecule has 0 radical (unpaired) electrons. The summed E-state index contributed by atoms with van der Waals surface area (Å²) in [7, 11) is 5.16. The van der Waals surface area contributed by atoms with Crippen LogP contribution in [0.2, 0.25) is 0 Å². The van der Waals surface area contributed by atoms with Gasteiger partial charge in [0.05, 0.1) is 23.1 Å². The number of benzene rings is 1. The quantitative estimate of drug-likeness (QED) is 0.904. The molecule has 3 rings (SSSR count). The van der Waals surface area contributed by atoms with Crippen molar-refractivity contribution in [3.05, 3.63) is 34.2 Å². The van der Waals surface area contributed by atoms with Gasteiger partial charge in [0.2, 0.25) is 5.91 Å². The Morgan fingerprint density at radius 1 is 1.26 bits per heavy atom. The summed E-state index contributed by atoms with van der Waals surface area (Å²) in [5.41, 5.74) is 2.36. The zero-order valence-corrected chi connectivity index (χ0v) is 13.9. The molecule has 1 aliphatic rings. The van der Waals surface area contributed by atoms with Crippen molar-refractivity contribution in [3.8, 4) is 0 Å². The smallest absolute Gasteiger partial charge is 0.328 e. The van der Waals surface area contributed by atoms with E-state index in [9.17, 15) is 9.59 Å². The van der Waals surface area contributed by atoms with Crippen LogP contribution in [-0.4, -0.2) is 28.8 Å². The lowest BCUT2D eigenvalue weighted by atomic mass is 9.68. The predicted octanol–water partition coefficient (Wildman–Crippen LogP) is 1.31. The summed E-state index contributed by atoms with van der Waals surface area (Å²) >= 11 is 0. The van der Waals surface area contributed by atoms with Crippen molar-refractivity contribution in [2.45, 2.75) is 25.8 Å². The van der Waals surface area contributed by atoms with Crippen LogP contribution in [0, 0.1) is 5.41 Å². The zero-order chi connectivity index (χ0) is 16.6. The molecule has 1 fully saturated rings.